The number of hydrogen-bond donors (Lipinski definition) is 0. The molecule has 0 aliphatic carbocycles. The van der Waals surface area contributed by atoms with Crippen molar-refractivity contribution >= 4 is 0 Å². The summed E-state index contributed by atoms with van der Waals surface area (Å²) in [6, 6.07) is 8.97. The average Bonchev–Trinajstić information content (AvgIpc) is 2.29. The Labute approximate surface area is 99.2 Å². The summed E-state index contributed by atoms with van der Waals surface area (Å²) in [6.45, 7) is 3.96. The van der Waals surface area contributed by atoms with Crippen LogP contribution in [-0.4, -0.2) is 32.3 Å². The van der Waals surface area contributed by atoms with E-state index in [1.807, 2.05) is 0 Å². The predicted octanol–water partition coefficient (Wildman–Crippen LogP) is 2.72. The van der Waals surface area contributed by atoms with Crippen molar-refractivity contribution in [3.63, 3.8) is 0 Å². The number of benzene rings is 1. The Morgan fingerprint density at radius 2 is 1.62 bits per heavy atom. The SMILES string of the molecule is CCCc1ccc(CCN(C)COC)cc1. The topological polar surface area (TPSA) is 12.5 Å². The standard InChI is InChI=1S/C14H23NO/c1-4-5-13-6-8-14(9-7-13)10-11-15(2)12-16-3/h6-9H,4-5,10-12H2,1-3H3. The maximum Gasteiger partial charge on any atom is 0.0984 e. The average molecular weight is 221 g/mol. The smallest absolute Gasteiger partial charge is 0.0984 e. The second-order valence-corrected chi connectivity index (χ2v) is 4.31. The summed E-state index contributed by atoms with van der Waals surface area (Å²) in [5.41, 5.74) is 2.85. The van der Waals surface area contributed by atoms with E-state index in [-0.39, 0.29) is 0 Å². The van der Waals surface area contributed by atoms with E-state index in [0.29, 0.717) is 6.73 Å². The lowest BCUT2D eigenvalue weighted by Crippen LogP contribution is -2.23. The van der Waals surface area contributed by atoms with Gasteiger partial charge in [-0.1, -0.05) is 37.6 Å². The molecule has 2 nitrogen and oxygen atoms in total. The molecule has 1 aromatic carbocycles. The minimum absolute atomic E-state index is 0.702. The van der Waals surface area contributed by atoms with Crippen LogP contribution in [0.15, 0.2) is 24.3 Å². The lowest BCUT2D eigenvalue weighted by Gasteiger charge is -2.15. The molecule has 0 saturated heterocycles. The van der Waals surface area contributed by atoms with Crippen LogP contribution in [0.1, 0.15) is 24.5 Å². The van der Waals surface area contributed by atoms with Gasteiger partial charge < -0.3 is 4.74 Å². The van der Waals surface area contributed by atoms with Gasteiger partial charge in [-0.3, -0.25) is 4.90 Å². The van der Waals surface area contributed by atoms with Gasteiger partial charge in [0.25, 0.3) is 0 Å². The lowest BCUT2D eigenvalue weighted by molar-refractivity contribution is 0.0827. The van der Waals surface area contributed by atoms with Crippen LogP contribution >= 0.6 is 0 Å². The molecule has 1 aromatic rings. The van der Waals surface area contributed by atoms with Crippen LogP contribution < -0.4 is 0 Å². The first-order valence-electron chi connectivity index (χ1n) is 6.01. The minimum atomic E-state index is 0.702. The van der Waals surface area contributed by atoms with Gasteiger partial charge in [0, 0.05) is 13.7 Å². The Bertz CT molecular complexity index is 281. The molecule has 16 heavy (non-hydrogen) atoms. The largest absolute Gasteiger partial charge is 0.369 e. The van der Waals surface area contributed by atoms with E-state index >= 15 is 0 Å². The number of likely N-dealkylation sites (N-methyl/N-ethyl adjacent to an activating group) is 1. The third kappa shape index (κ3) is 4.77. The van der Waals surface area contributed by atoms with E-state index in [2.05, 4.69) is 43.1 Å². The van der Waals surface area contributed by atoms with Crippen LogP contribution in [0, 0.1) is 0 Å². The Morgan fingerprint density at radius 3 is 2.12 bits per heavy atom. The highest BCUT2D eigenvalue weighted by atomic mass is 16.5. The number of methoxy groups -OCH3 is 1. The van der Waals surface area contributed by atoms with Gasteiger partial charge in [-0.05, 0) is 31.0 Å². The molecule has 0 aromatic heterocycles. The Morgan fingerprint density at radius 1 is 1.06 bits per heavy atom. The van der Waals surface area contributed by atoms with Gasteiger partial charge in [0.05, 0.1) is 6.73 Å². The summed E-state index contributed by atoms with van der Waals surface area (Å²) in [4.78, 5) is 2.18. The van der Waals surface area contributed by atoms with Crippen molar-refractivity contribution < 1.29 is 4.74 Å². The van der Waals surface area contributed by atoms with E-state index in [4.69, 9.17) is 4.74 Å². The summed E-state index contributed by atoms with van der Waals surface area (Å²) in [7, 11) is 3.81. The summed E-state index contributed by atoms with van der Waals surface area (Å²) in [5.74, 6) is 0. The summed E-state index contributed by atoms with van der Waals surface area (Å²) in [6.07, 6.45) is 3.49. The zero-order chi connectivity index (χ0) is 11.8. The third-order valence-electron chi connectivity index (χ3n) is 2.69. The fourth-order valence-electron chi connectivity index (χ4n) is 1.77. The van der Waals surface area contributed by atoms with E-state index in [9.17, 15) is 0 Å². The highest BCUT2D eigenvalue weighted by Crippen LogP contribution is 2.07. The van der Waals surface area contributed by atoms with Crippen LogP contribution in [0.3, 0.4) is 0 Å². The third-order valence-corrected chi connectivity index (χ3v) is 2.69. The van der Waals surface area contributed by atoms with Crippen molar-refractivity contribution in [1.29, 1.82) is 0 Å². The Balaban J connectivity index is 2.37. The monoisotopic (exact) mass is 221 g/mol. The summed E-state index contributed by atoms with van der Waals surface area (Å²) < 4.78 is 5.07. The molecule has 0 amide bonds. The van der Waals surface area contributed by atoms with Gasteiger partial charge in [0.2, 0.25) is 0 Å². The highest BCUT2D eigenvalue weighted by molar-refractivity contribution is 5.22. The Kier molecular flexibility index (Phi) is 6.12. The van der Waals surface area contributed by atoms with E-state index in [1.54, 1.807) is 7.11 Å². The van der Waals surface area contributed by atoms with Crippen molar-refractivity contribution in [3.8, 4) is 0 Å². The first kappa shape index (κ1) is 13.2. The molecule has 2 heteroatoms. The molecule has 0 radical (unpaired) electrons. The second kappa shape index (κ2) is 7.42. The molecule has 0 aliphatic heterocycles. The first-order valence-corrected chi connectivity index (χ1v) is 6.01. The molecule has 0 fully saturated rings. The van der Waals surface area contributed by atoms with Crippen LogP contribution in [0.2, 0.25) is 0 Å². The molecule has 0 bridgehead atoms. The van der Waals surface area contributed by atoms with E-state index in [0.717, 1.165) is 13.0 Å². The molecule has 0 N–H and O–H groups in total. The molecule has 0 aliphatic rings. The minimum Gasteiger partial charge on any atom is -0.369 e. The molecular formula is C14H23NO. The number of hydrogen-bond acceptors (Lipinski definition) is 2. The number of nitrogens with zero attached hydrogens (tertiary/aromatic N) is 1. The van der Waals surface area contributed by atoms with E-state index < -0.39 is 0 Å². The first-order chi connectivity index (χ1) is 7.76. The lowest BCUT2D eigenvalue weighted by atomic mass is 10.1. The maximum absolute atomic E-state index is 5.07. The number of rotatable bonds is 7. The van der Waals surface area contributed by atoms with Crippen LogP contribution in [0.25, 0.3) is 0 Å². The number of ether oxygens (including phenoxy) is 1. The molecule has 90 valence electrons. The highest BCUT2D eigenvalue weighted by Gasteiger charge is 1.98. The van der Waals surface area contributed by atoms with E-state index in [1.165, 1.54) is 24.0 Å². The van der Waals surface area contributed by atoms with Gasteiger partial charge in [-0.25, -0.2) is 0 Å². The van der Waals surface area contributed by atoms with Crippen LogP contribution in [-0.2, 0) is 17.6 Å². The molecule has 1 rings (SSSR count). The Hall–Kier alpha value is -0.860. The fourth-order valence-corrected chi connectivity index (χ4v) is 1.77. The predicted molar refractivity (Wildman–Crippen MR) is 68.6 cm³/mol. The van der Waals surface area contributed by atoms with Crippen LogP contribution in [0.5, 0.6) is 0 Å². The molecule has 0 spiro atoms. The van der Waals surface area contributed by atoms with Gasteiger partial charge in [0.1, 0.15) is 0 Å². The van der Waals surface area contributed by atoms with Crippen molar-refractivity contribution in [2.24, 2.45) is 0 Å². The van der Waals surface area contributed by atoms with Crippen molar-refractivity contribution in [3.05, 3.63) is 35.4 Å². The zero-order valence-corrected chi connectivity index (χ0v) is 10.7. The van der Waals surface area contributed by atoms with Crippen LogP contribution in [0.4, 0.5) is 0 Å². The summed E-state index contributed by atoms with van der Waals surface area (Å²) >= 11 is 0. The molecule has 0 heterocycles. The molecule has 0 saturated carbocycles. The fraction of sp³-hybridized carbons (Fsp3) is 0.571. The van der Waals surface area contributed by atoms with Crippen molar-refractivity contribution in [2.75, 3.05) is 27.4 Å². The summed E-state index contributed by atoms with van der Waals surface area (Å²) in [5, 5.41) is 0. The molecule has 0 unspecified atom stereocenters. The number of aryl methyl sites for hydroxylation is 1. The second-order valence-electron chi connectivity index (χ2n) is 4.31. The molecular weight excluding hydrogens is 198 g/mol. The molecule has 0 atom stereocenters. The maximum atomic E-state index is 5.07. The van der Waals surface area contributed by atoms with Gasteiger partial charge in [-0.15, -0.1) is 0 Å². The van der Waals surface area contributed by atoms with Gasteiger partial charge in [-0.2, -0.15) is 0 Å². The van der Waals surface area contributed by atoms with Crippen molar-refractivity contribution in [1.82, 2.24) is 4.90 Å². The zero-order valence-electron chi connectivity index (χ0n) is 10.7. The van der Waals surface area contributed by atoms with Gasteiger partial charge >= 0.3 is 0 Å². The van der Waals surface area contributed by atoms with Gasteiger partial charge in [0.15, 0.2) is 0 Å². The quantitative estimate of drug-likeness (QED) is 0.656. The van der Waals surface area contributed by atoms with Crippen molar-refractivity contribution in [2.45, 2.75) is 26.2 Å². The normalized spacial score (nSPS) is 11.0.